The molecule has 0 radical (unpaired) electrons. The summed E-state index contributed by atoms with van der Waals surface area (Å²) in [5, 5.41) is 9.96. The van der Waals surface area contributed by atoms with E-state index in [-0.39, 0.29) is 11.8 Å². The molecule has 3 rings (SSSR count). The van der Waals surface area contributed by atoms with Crippen LogP contribution in [0, 0.1) is 11.3 Å². The summed E-state index contributed by atoms with van der Waals surface area (Å²) in [6.07, 6.45) is 9.27. The van der Waals surface area contributed by atoms with Crippen LogP contribution in [-0.4, -0.2) is 39.2 Å². The van der Waals surface area contributed by atoms with Crippen molar-refractivity contribution in [3.63, 3.8) is 0 Å². The number of rotatable bonds is 9. The van der Waals surface area contributed by atoms with Crippen LogP contribution >= 0.6 is 0 Å². The van der Waals surface area contributed by atoms with Crippen LogP contribution < -0.4 is 16.0 Å². The summed E-state index contributed by atoms with van der Waals surface area (Å²) in [5.41, 5.74) is 2.34. The zero-order valence-electron chi connectivity index (χ0n) is 17.9. The van der Waals surface area contributed by atoms with Gasteiger partial charge < -0.3 is 20.7 Å². The summed E-state index contributed by atoms with van der Waals surface area (Å²) in [7, 11) is 3.57. The van der Waals surface area contributed by atoms with Crippen molar-refractivity contribution in [1.29, 1.82) is 0 Å². The number of ether oxygens (including phenoxy) is 1. The first-order valence-electron chi connectivity index (χ1n) is 11.0. The second kappa shape index (κ2) is 10.6. The van der Waals surface area contributed by atoms with Crippen molar-refractivity contribution in [3.05, 3.63) is 29.8 Å². The maximum absolute atomic E-state index is 12.4. The van der Waals surface area contributed by atoms with E-state index in [0.29, 0.717) is 12.0 Å². The molecule has 1 aromatic rings. The second-order valence-electron chi connectivity index (χ2n) is 8.55. The molecule has 1 aromatic carbocycles. The van der Waals surface area contributed by atoms with E-state index < -0.39 is 0 Å². The summed E-state index contributed by atoms with van der Waals surface area (Å²) in [6, 6.07) is 8.06. The fourth-order valence-corrected chi connectivity index (χ4v) is 4.38. The minimum absolute atomic E-state index is 0.159. The number of benzene rings is 1. The van der Waals surface area contributed by atoms with Gasteiger partial charge in [0.05, 0.1) is 0 Å². The van der Waals surface area contributed by atoms with Crippen LogP contribution in [0.4, 0.5) is 5.69 Å². The Morgan fingerprint density at radius 1 is 1.21 bits per heavy atom. The molecule has 0 unspecified atom stereocenters. The number of aliphatic imine (C=N–C) groups is 1. The van der Waals surface area contributed by atoms with E-state index >= 15 is 0 Å². The Bertz CT molecular complexity index is 694. The number of carbonyl (C=O) groups is 1. The first kappa shape index (κ1) is 21.6. The van der Waals surface area contributed by atoms with E-state index in [2.05, 4.69) is 27.0 Å². The Balaban J connectivity index is 1.47. The number of hydrogen-bond acceptors (Lipinski definition) is 3. The topological polar surface area (TPSA) is 74.8 Å². The van der Waals surface area contributed by atoms with E-state index in [9.17, 15) is 4.79 Å². The fourth-order valence-electron chi connectivity index (χ4n) is 4.38. The molecule has 0 heterocycles. The predicted molar refractivity (Wildman–Crippen MR) is 118 cm³/mol. The molecule has 6 nitrogen and oxygen atoms in total. The fraction of sp³-hybridized carbons (Fsp3) is 0.652. The highest BCUT2D eigenvalue weighted by Gasteiger charge is 2.36. The SMILES string of the molecule is CN=C(NCc1cccc(NC(=O)C2CCCC2)c1)NCC1(CCOC)CCC1. The lowest BCUT2D eigenvalue weighted by atomic mass is 9.67. The van der Waals surface area contributed by atoms with Crippen LogP contribution in [0.5, 0.6) is 0 Å². The molecule has 0 bridgehead atoms. The molecular formula is C23H36N4O2. The van der Waals surface area contributed by atoms with Gasteiger partial charge in [0.15, 0.2) is 5.96 Å². The smallest absolute Gasteiger partial charge is 0.227 e. The maximum atomic E-state index is 12.4. The number of amides is 1. The van der Waals surface area contributed by atoms with Crippen LogP contribution in [-0.2, 0) is 16.1 Å². The summed E-state index contributed by atoms with van der Waals surface area (Å²) in [4.78, 5) is 16.7. The van der Waals surface area contributed by atoms with Crippen molar-refractivity contribution in [3.8, 4) is 0 Å². The van der Waals surface area contributed by atoms with Crippen LogP contribution in [0.25, 0.3) is 0 Å². The van der Waals surface area contributed by atoms with Crippen molar-refractivity contribution in [1.82, 2.24) is 10.6 Å². The van der Waals surface area contributed by atoms with Crippen molar-refractivity contribution in [2.24, 2.45) is 16.3 Å². The minimum atomic E-state index is 0.159. The number of anilines is 1. The van der Waals surface area contributed by atoms with Gasteiger partial charge in [-0.25, -0.2) is 0 Å². The highest BCUT2D eigenvalue weighted by atomic mass is 16.5. The van der Waals surface area contributed by atoms with Gasteiger partial charge in [0.2, 0.25) is 5.91 Å². The summed E-state index contributed by atoms with van der Waals surface area (Å²) in [6.45, 7) is 2.40. The van der Waals surface area contributed by atoms with E-state index in [1.54, 1.807) is 14.2 Å². The standard InChI is InChI=1S/C23H36N4O2/c1-24-22(26-17-23(11-6-12-23)13-14-29-2)25-16-18-7-5-10-20(15-18)27-21(28)19-8-3-4-9-19/h5,7,10,15,19H,3-4,6,8-9,11-14,16-17H2,1-2H3,(H,27,28)(H2,24,25,26). The van der Waals surface area contributed by atoms with Crippen molar-refractivity contribution >= 4 is 17.6 Å². The van der Waals surface area contributed by atoms with Gasteiger partial charge in [-0.05, 0) is 55.2 Å². The van der Waals surface area contributed by atoms with Crippen molar-refractivity contribution < 1.29 is 9.53 Å². The molecule has 1 amide bonds. The Morgan fingerprint density at radius 2 is 2.00 bits per heavy atom. The molecule has 3 N–H and O–H groups in total. The lowest BCUT2D eigenvalue weighted by molar-refractivity contribution is -0.119. The molecule has 2 fully saturated rings. The Labute approximate surface area is 174 Å². The van der Waals surface area contributed by atoms with Gasteiger partial charge in [-0.3, -0.25) is 9.79 Å². The van der Waals surface area contributed by atoms with Gasteiger partial charge in [0.25, 0.3) is 0 Å². The van der Waals surface area contributed by atoms with E-state index in [1.807, 2.05) is 18.2 Å². The first-order chi connectivity index (χ1) is 14.1. The molecule has 0 saturated heterocycles. The lowest BCUT2D eigenvalue weighted by Crippen LogP contribution is -2.46. The van der Waals surface area contributed by atoms with Gasteiger partial charge >= 0.3 is 0 Å². The molecule has 160 valence electrons. The number of carbonyl (C=O) groups excluding carboxylic acids is 1. The summed E-state index contributed by atoms with van der Waals surface area (Å²) < 4.78 is 5.28. The van der Waals surface area contributed by atoms with Crippen LogP contribution in [0.1, 0.15) is 56.9 Å². The zero-order valence-corrected chi connectivity index (χ0v) is 17.9. The molecule has 2 saturated carbocycles. The summed E-state index contributed by atoms with van der Waals surface area (Å²) in [5.74, 6) is 1.15. The number of methoxy groups -OCH3 is 1. The van der Waals surface area contributed by atoms with Gasteiger partial charge in [-0.2, -0.15) is 0 Å². The van der Waals surface area contributed by atoms with Gasteiger partial charge in [-0.15, -0.1) is 0 Å². The number of guanidine groups is 1. The Morgan fingerprint density at radius 3 is 2.66 bits per heavy atom. The summed E-state index contributed by atoms with van der Waals surface area (Å²) >= 11 is 0. The molecule has 2 aliphatic carbocycles. The van der Waals surface area contributed by atoms with Gasteiger partial charge in [0.1, 0.15) is 0 Å². The highest BCUT2D eigenvalue weighted by Crippen LogP contribution is 2.43. The van der Waals surface area contributed by atoms with Crippen molar-refractivity contribution in [2.45, 2.75) is 57.9 Å². The first-order valence-corrected chi connectivity index (χ1v) is 11.0. The molecule has 0 aromatic heterocycles. The van der Waals surface area contributed by atoms with Crippen LogP contribution in [0.15, 0.2) is 29.3 Å². The number of nitrogens with one attached hydrogen (secondary N) is 3. The molecular weight excluding hydrogens is 364 g/mol. The van der Waals surface area contributed by atoms with Crippen LogP contribution in [0.3, 0.4) is 0 Å². The Kier molecular flexibility index (Phi) is 7.92. The third-order valence-corrected chi connectivity index (χ3v) is 6.49. The normalized spacial score (nSPS) is 18.9. The molecule has 6 heteroatoms. The number of hydrogen-bond donors (Lipinski definition) is 3. The van der Waals surface area contributed by atoms with E-state index in [0.717, 1.165) is 49.6 Å². The average Bonchev–Trinajstić information content (AvgIpc) is 3.24. The molecule has 0 spiro atoms. The monoisotopic (exact) mass is 400 g/mol. The molecule has 0 aliphatic heterocycles. The van der Waals surface area contributed by atoms with Gasteiger partial charge in [0, 0.05) is 45.5 Å². The predicted octanol–water partition coefficient (Wildman–Crippen LogP) is 3.69. The van der Waals surface area contributed by atoms with E-state index in [1.165, 1.54) is 32.1 Å². The largest absolute Gasteiger partial charge is 0.385 e. The second-order valence-corrected chi connectivity index (χ2v) is 8.55. The van der Waals surface area contributed by atoms with Crippen molar-refractivity contribution in [2.75, 3.05) is 32.6 Å². The quantitative estimate of drug-likeness (QED) is 0.437. The van der Waals surface area contributed by atoms with Crippen LogP contribution in [0.2, 0.25) is 0 Å². The average molecular weight is 401 g/mol. The number of nitrogens with zero attached hydrogens (tertiary/aromatic N) is 1. The third kappa shape index (κ3) is 6.20. The van der Waals surface area contributed by atoms with E-state index in [4.69, 9.17) is 4.74 Å². The molecule has 0 atom stereocenters. The molecule has 29 heavy (non-hydrogen) atoms. The minimum Gasteiger partial charge on any atom is -0.385 e. The highest BCUT2D eigenvalue weighted by molar-refractivity contribution is 5.92. The Hall–Kier alpha value is -2.08. The molecule has 2 aliphatic rings. The van der Waals surface area contributed by atoms with Gasteiger partial charge in [-0.1, -0.05) is 31.4 Å². The third-order valence-electron chi connectivity index (χ3n) is 6.49. The maximum Gasteiger partial charge on any atom is 0.227 e. The lowest BCUT2D eigenvalue weighted by Gasteiger charge is -2.42. The zero-order chi connectivity index (χ0) is 20.5.